The molecule has 28 heavy (non-hydrogen) atoms. The van der Waals surface area contributed by atoms with Crippen molar-refractivity contribution < 1.29 is 14.3 Å². The van der Waals surface area contributed by atoms with E-state index in [1.165, 1.54) is 5.56 Å². The fourth-order valence-electron chi connectivity index (χ4n) is 3.02. The minimum absolute atomic E-state index is 0.00875. The third-order valence-electron chi connectivity index (χ3n) is 4.62. The number of amides is 1. The monoisotopic (exact) mass is 380 g/mol. The Hall–Kier alpha value is -2.79. The molecule has 0 fully saturated rings. The Kier molecular flexibility index (Phi) is 6.05. The van der Waals surface area contributed by atoms with Gasteiger partial charge in [-0.2, -0.15) is 0 Å². The number of fused-ring (bicyclic) bond motifs is 1. The van der Waals surface area contributed by atoms with Gasteiger partial charge in [-0.05, 0) is 40.8 Å². The number of hydrogen-bond donors (Lipinski definition) is 2. The third kappa shape index (κ3) is 5.14. The van der Waals surface area contributed by atoms with Gasteiger partial charge in [0.05, 0.1) is 18.8 Å². The summed E-state index contributed by atoms with van der Waals surface area (Å²) in [5.41, 5.74) is 3.97. The fourth-order valence-corrected chi connectivity index (χ4v) is 3.02. The number of hydrogen-bond acceptors (Lipinski definition) is 4. The lowest BCUT2D eigenvalue weighted by Crippen LogP contribution is -2.34. The Balaban J connectivity index is 1.60. The van der Waals surface area contributed by atoms with Crippen LogP contribution in [0.15, 0.2) is 48.5 Å². The van der Waals surface area contributed by atoms with Crippen molar-refractivity contribution in [1.82, 2.24) is 0 Å². The molecule has 3 rings (SSSR count). The van der Waals surface area contributed by atoms with Crippen LogP contribution < -0.4 is 15.4 Å². The molecule has 0 aliphatic carbocycles. The maximum atomic E-state index is 12.3. The summed E-state index contributed by atoms with van der Waals surface area (Å²) in [6.07, 6.45) is 3.35. The standard InChI is InChI=1S/C23H28N2O3/c1-23(2,3)17-8-5-16(6-9-17)7-12-22(26)25-18-10-11-21-20(13-18)24-14-19(28-21)15-27-4/h5-13,19,24H,14-15H2,1-4H3,(H,25,26)/b12-7+. The lowest BCUT2D eigenvalue weighted by atomic mass is 9.87. The van der Waals surface area contributed by atoms with E-state index in [1.54, 1.807) is 13.2 Å². The lowest BCUT2D eigenvalue weighted by Gasteiger charge is -2.27. The van der Waals surface area contributed by atoms with Crippen LogP contribution in [-0.4, -0.2) is 32.3 Å². The van der Waals surface area contributed by atoms with E-state index in [1.807, 2.05) is 36.4 Å². The molecule has 0 spiro atoms. The van der Waals surface area contributed by atoms with Crippen molar-refractivity contribution in [1.29, 1.82) is 0 Å². The molecular weight excluding hydrogens is 352 g/mol. The zero-order valence-corrected chi connectivity index (χ0v) is 16.9. The first kappa shape index (κ1) is 20.0. The molecule has 1 atom stereocenters. The van der Waals surface area contributed by atoms with Gasteiger partial charge in [0.2, 0.25) is 5.91 Å². The second-order valence-corrected chi connectivity index (χ2v) is 7.98. The van der Waals surface area contributed by atoms with E-state index in [-0.39, 0.29) is 17.4 Å². The molecule has 0 aromatic heterocycles. The number of ether oxygens (including phenoxy) is 2. The van der Waals surface area contributed by atoms with Crippen molar-refractivity contribution in [2.45, 2.75) is 32.3 Å². The number of rotatable bonds is 5. The summed E-state index contributed by atoms with van der Waals surface area (Å²) in [6, 6.07) is 13.8. The first-order valence-electron chi connectivity index (χ1n) is 9.48. The van der Waals surface area contributed by atoms with Gasteiger partial charge in [-0.15, -0.1) is 0 Å². The van der Waals surface area contributed by atoms with Gasteiger partial charge in [-0.1, -0.05) is 45.0 Å². The fraction of sp³-hybridized carbons (Fsp3) is 0.348. The van der Waals surface area contributed by atoms with Crippen LogP contribution in [0.25, 0.3) is 6.08 Å². The number of anilines is 2. The normalized spacial score (nSPS) is 16.2. The Morgan fingerprint density at radius 2 is 2.00 bits per heavy atom. The van der Waals surface area contributed by atoms with E-state index in [4.69, 9.17) is 9.47 Å². The molecule has 0 saturated carbocycles. The Morgan fingerprint density at radius 3 is 2.68 bits per heavy atom. The lowest BCUT2D eigenvalue weighted by molar-refractivity contribution is -0.111. The smallest absolute Gasteiger partial charge is 0.248 e. The molecule has 1 amide bonds. The van der Waals surface area contributed by atoms with Crippen LogP contribution in [0.5, 0.6) is 5.75 Å². The Labute approximate surface area is 166 Å². The van der Waals surface area contributed by atoms with Crippen molar-refractivity contribution in [3.63, 3.8) is 0 Å². The van der Waals surface area contributed by atoms with Crippen LogP contribution in [0.2, 0.25) is 0 Å². The van der Waals surface area contributed by atoms with Crippen LogP contribution in [0, 0.1) is 0 Å². The summed E-state index contributed by atoms with van der Waals surface area (Å²) in [4.78, 5) is 12.3. The molecule has 1 aliphatic rings. The molecule has 0 saturated heterocycles. The first-order chi connectivity index (χ1) is 13.3. The average Bonchev–Trinajstić information content (AvgIpc) is 2.66. The number of carbonyl (C=O) groups is 1. The van der Waals surface area contributed by atoms with Gasteiger partial charge in [0, 0.05) is 18.9 Å². The number of benzene rings is 2. The van der Waals surface area contributed by atoms with Crippen LogP contribution in [-0.2, 0) is 14.9 Å². The van der Waals surface area contributed by atoms with Gasteiger partial charge >= 0.3 is 0 Å². The van der Waals surface area contributed by atoms with Crippen LogP contribution in [0.1, 0.15) is 31.9 Å². The van der Waals surface area contributed by atoms with E-state index < -0.39 is 0 Å². The zero-order valence-electron chi connectivity index (χ0n) is 16.9. The highest BCUT2D eigenvalue weighted by molar-refractivity contribution is 6.02. The number of carbonyl (C=O) groups excluding carboxylic acids is 1. The predicted molar refractivity (Wildman–Crippen MR) is 114 cm³/mol. The van der Waals surface area contributed by atoms with Gasteiger partial charge < -0.3 is 20.1 Å². The van der Waals surface area contributed by atoms with E-state index in [2.05, 4.69) is 43.5 Å². The second kappa shape index (κ2) is 8.48. The SMILES string of the molecule is COCC1CNc2cc(NC(=O)/C=C/c3ccc(C(C)(C)C)cc3)ccc2O1. The molecule has 5 nitrogen and oxygen atoms in total. The maximum Gasteiger partial charge on any atom is 0.248 e. The van der Waals surface area contributed by atoms with Crippen molar-refractivity contribution in [3.05, 3.63) is 59.7 Å². The molecule has 2 N–H and O–H groups in total. The molecule has 5 heteroatoms. The minimum Gasteiger partial charge on any atom is -0.484 e. The maximum absolute atomic E-state index is 12.3. The van der Waals surface area contributed by atoms with Crippen LogP contribution in [0.4, 0.5) is 11.4 Å². The van der Waals surface area contributed by atoms with E-state index >= 15 is 0 Å². The second-order valence-electron chi connectivity index (χ2n) is 7.98. The molecule has 1 aliphatic heterocycles. The van der Waals surface area contributed by atoms with E-state index in [9.17, 15) is 4.79 Å². The summed E-state index contributed by atoms with van der Waals surface area (Å²) < 4.78 is 11.0. The highest BCUT2D eigenvalue weighted by atomic mass is 16.5. The van der Waals surface area contributed by atoms with Gasteiger partial charge in [-0.25, -0.2) is 0 Å². The van der Waals surface area contributed by atoms with Gasteiger partial charge in [0.25, 0.3) is 0 Å². The van der Waals surface area contributed by atoms with Crippen LogP contribution >= 0.6 is 0 Å². The van der Waals surface area contributed by atoms with Gasteiger partial charge in [0.1, 0.15) is 11.9 Å². The minimum atomic E-state index is -0.172. The van der Waals surface area contributed by atoms with Crippen molar-refractivity contribution in [2.75, 3.05) is 30.9 Å². The van der Waals surface area contributed by atoms with Crippen molar-refractivity contribution in [2.24, 2.45) is 0 Å². The van der Waals surface area contributed by atoms with Crippen molar-refractivity contribution in [3.8, 4) is 5.75 Å². The molecule has 0 bridgehead atoms. The predicted octanol–water partition coefficient (Wildman–Crippen LogP) is 4.46. The Morgan fingerprint density at radius 1 is 1.25 bits per heavy atom. The van der Waals surface area contributed by atoms with Crippen molar-refractivity contribution >= 4 is 23.4 Å². The molecule has 1 heterocycles. The molecule has 2 aromatic carbocycles. The largest absolute Gasteiger partial charge is 0.484 e. The Bertz CT molecular complexity index is 851. The topological polar surface area (TPSA) is 59.6 Å². The van der Waals surface area contributed by atoms with Gasteiger partial charge in [-0.3, -0.25) is 4.79 Å². The van der Waals surface area contributed by atoms with Gasteiger partial charge in [0.15, 0.2) is 0 Å². The highest BCUT2D eigenvalue weighted by Gasteiger charge is 2.19. The molecule has 1 unspecified atom stereocenters. The number of nitrogens with one attached hydrogen (secondary N) is 2. The summed E-state index contributed by atoms with van der Waals surface area (Å²) in [7, 11) is 1.66. The quantitative estimate of drug-likeness (QED) is 0.752. The number of methoxy groups -OCH3 is 1. The van der Waals surface area contributed by atoms with E-state index in [0.717, 1.165) is 22.7 Å². The summed E-state index contributed by atoms with van der Waals surface area (Å²) in [5.74, 6) is 0.592. The third-order valence-corrected chi connectivity index (χ3v) is 4.62. The van der Waals surface area contributed by atoms with Crippen LogP contribution in [0.3, 0.4) is 0 Å². The van der Waals surface area contributed by atoms with E-state index in [0.29, 0.717) is 13.2 Å². The summed E-state index contributed by atoms with van der Waals surface area (Å²) in [5, 5.41) is 6.20. The molecular formula is C23H28N2O3. The first-order valence-corrected chi connectivity index (χ1v) is 9.48. The molecule has 148 valence electrons. The average molecular weight is 380 g/mol. The molecule has 2 aromatic rings. The summed E-state index contributed by atoms with van der Waals surface area (Å²) >= 11 is 0. The summed E-state index contributed by atoms with van der Waals surface area (Å²) in [6.45, 7) is 7.75. The zero-order chi connectivity index (χ0) is 20.1. The molecule has 0 radical (unpaired) electrons. The highest BCUT2D eigenvalue weighted by Crippen LogP contribution is 2.31.